The van der Waals surface area contributed by atoms with Gasteiger partial charge in [-0.05, 0) is 32.7 Å². The zero-order chi connectivity index (χ0) is 18.9. The summed E-state index contributed by atoms with van der Waals surface area (Å²) < 4.78 is 26.6. The molecule has 4 aromatic rings. The van der Waals surface area contributed by atoms with Crippen LogP contribution in [-0.2, 0) is 23.1 Å². The van der Waals surface area contributed by atoms with Gasteiger partial charge in [-0.15, -0.1) is 0 Å². The van der Waals surface area contributed by atoms with Crippen molar-refractivity contribution in [1.29, 1.82) is 0 Å². The highest BCUT2D eigenvalue weighted by atomic mass is 32.2. The average molecular weight is 375 g/mol. The van der Waals surface area contributed by atoms with Gasteiger partial charge in [0.25, 0.3) is 0 Å². The van der Waals surface area contributed by atoms with Crippen LogP contribution in [0.5, 0.6) is 0 Å². The van der Waals surface area contributed by atoms with E-state index in [2.05, 4.69) is 0 Å². The first-order chi connectivity index (χ1) is 13.0. The Hall–Kier alpha value is -2.69. The SMILES string of the molecule is CS(=O)(=O)N(Cc1cccc2ccccc12)Cc1cccc2ccccc12. The molecule has 0 heterocycles. The molecule has 0 aliphatic carbocycles. The van der Waals surface area contributed by atoms with Crippen LogP contribution in [0.2, 0.25) is 0 Å². The van der Waals surface area contributed by atoms with Crippen molar-refractivity contribution in [3.8, 4) is 0 Å². The molecule has 0 unspecified atom stereocenters. The predicted molar refractivity (Wildman–Crippen MR) is 112 cm³/mol. The quantitative estimate of drug-likeness (QED) is 0.495. The first-order valence-electron chi connectivity index (χ1n) is 8.91. The van der Waals surface area contributed by atoms with Crippen molar-refractivity contribution < 1.29 is 8.42 Å². The monoisotopic (exact) mass is 375 g/mol. The molecule has 0 N–H and O–H groups in total. The van der Waals surface area contributed by atoms with Crippen LogP contribution in [-0.4, -0.2) is 19.0 Å². The fourth-order valence-electron chi connectivity index (χ4n) is 3.53. The Morgan fingerprint density at radius 3 is 1.48 bits per heavy atom. The van der Waals surface area contributed by atoms with Crippen LogP contribution in [0.4, 0.5) is 0 Å². The molecule has 4 heteroatoms. The molecule has 0 radical (unpaired) electrons. The Labute approximate surface area is 159 Å². The third-order valence-corrected chi connectivity index (χ3v) is 6.12. The summed E-state index contributed by atoms with van der Waals surface area (Å²) in [5, 5.41) is 4.42. The minimum absolute atomic E-state index is 0.351. The molecule has 0 amide bonds. The van der Waals surface area contributed by atoms with Gasteiger partial charge < -0.3 is 0 Å². The summed E-state index contributed by atoms with van der Waals surface area (Å²) >= 11 is 0. The highest BCUT2D eigenvalue weighted by Crippen LogP contribution is 2.24. The molecule has 0 aliphatic heterocycles. The lowest BCUT2D eigenvalue weighted by Crippen LogP contribution is -2.29. The molecule has 0 atom stereocenters. The number of sulfonamides is 1. The number of rotatable bonds is 5. The van der Waals surface area contributed by atoms with Crippen molar-refractivity contribution in [2.75, 3.05) is 6.26 Å². The van der Waals surface area contributed by atoms with E-state index in [-0.39, 0.29) is 0 Å². The van der Waals surface area contributed by atoms with Crippen LogP contribution in [0.25, 0.3) is 21.5 Å². The topological polar surface area (TPSA) is 37.4 Å². The van der Waals surface area contributed by atoms with Crippen molar-refractivity contribution >= 4 is 31.6 Å². The van der Waals surface area contributed by atoms with Gasteiger partial charge in [-0.3, -0.25) is 0 Å². The third-order valence-electron chi connectivity index (χ3n) is 4.92. The Kier molecular flexibility index (Phi) is 4.68. The fraction of sp³-hybridized carbons (Fsp3) is 0.130. The molecule has 0 bridgehead atoms. The van der Waals surface area contributed by atoms with Crippen LogP contribution in [0.1, 0.15) is 11.1 Å². The van der Waals surface area contributed by atoms with Gasteiger partial charge in [0.2, 0.25) is 10.0 Å². The van der Waals surface area contributed by atoms with E-state index in [1.165, 1.54) is 6.26 Å². The molecule has 0 aliphatic rings. The van der Waals surface area contributed by atoms with Gasteiger partial charge in [0.05, 0.1) is 6.26 Å². The number of hydrogen-bond donors (Lipinski definition) is 0. The lowest BCUT2D eigenvalue weighted by Gasteiger charge is -2.22. The van der Waals surface area contributed by atoms with E-state index < -0.39 is 10.0 Å². The molecule has 0 spiro atoms. The molecular weight excluding hydrogens is 354 g/mol. The first kappa shape index (κ1) is 17.7. The lowest BCUT2D eigenvalue weighted by atomic mass is 10.0. The number of nitrogens with zero attached hydrogens (tertiary/aromatic N) is 1. The van der Waals surface area contributed by atoms with E-state index in [4.69, 9.17) is 0 Å². The van der Waals surface area contributed by atoms with Crippen molar-refractivity contribution in [2.45, 2.75) is 13.1 Å². The van der Waals surface area contributed by atoms with Gasteiger partial charge in [-0.1, -0.05) is 84.9 Å². The Bertz CT molecular complexity index is 1120. The Morgan fingerprint density at radius 1 is 0.630 bits per heavy atom. The van der Waals surface area contributed by atoms with Gasteiger partial charge in [-0.2, -0.15) is 4.31 Å². The highest BCUT2D eigenvalue weighted by Gasteiger charge is 2.19. The largest absolute Gasteiger partial charge is 0.212 e. The highest BCUT2D eigenvalue weighted by molar-refractivity contribution is 7.88. The van der Waals surface area contributed by atoms with Crippen molar-refractivity contribution in [3.63, 3.8) is 0 Å². The van der Waals surface area contributed by atoms with E-state index in [1.54, 1.807) is 4.31 Å². The number of benzene rings is 4. The predicted octanol–water partition coefficient (Wildman–Crippen LogP) is 4.95. The maximum Gasteiger partial charge on any atom is 0.211 e. The molecule has 4 rings (SSSR count). The second kappa shape index (κ2) is 7.14. The van der Waals surface area contributed by atoms with Crippen molar-refractivity contribution in [1.82, 2.24) is 4.31 Å². The summed E-state index contributed by atoms with van der Waals surface area (Å²) in [6.45, 7) is 0.701. The molecule has 4 aromatic carbocycles. The summed E-state index contributed by atoms with van der Waals surface area (Å²) in [6, 6.07) is 28.2. The third kappa shape index (κ3) is 3.72. The zero-order valence-electron chi connectivity index (χ0n) is 15.2. The summed E-state index contributed by atoms with van der Waals surface area (Å²) in [6.07, 6.45) is 1.28. The van der Waals surface area contributed by atoms with E-state index >= 15 is 0 Å². The van der Waals surface area contributed by atoms with Gasteiger partial charge in [0.1, 0.15) is 0 Å². The summed E-state index contributed by atoms with van der Waals surface area (Å²) in [7, 11) is -3.37. The number of fused-ring (bicyclic) bond motifs is 2. The van der Waals surface area contributed by atoms with Crippen molar-refractivity contribution in [3.05, 3.63) is 96.1 Å². The molecule has 0 aromatic heterocycles. The van der Waals surface area contributed by atoms with Crippen LogP contribution in [0.15, 0.2) is 84.9 Å². The molecule has 136 valence electrons. The normalized spacial score (nSPS) is 12.1. The minimum Gasteiger partial charge on any atom is -0.212 e. The van der Waals surface area contributed by atoms with Gasteiger partial charge >= 0.3 is 0 Å². The van der Waals surface area contributed by atoms with Gasteiger partial charge in [0, 0.05) is 13.1 Å². The second-order valence-electron chi connectivity index (χ2n) is 6.81. The zero-order valence-corrected chi connectivity index (χ0v) is 16.0. The average Bonchev–Trinajstić information content (AvgIpc) is 2.67. The van der Waals surface area contributed by atoms with E-state index in [0.717, 1.165) is 32.7 Å². The van der Waals surface area contributed by atoms with Crippen LogP contribution in [0.3, 0.4) is 0 Å². The number of hydrogen-bond acceptors (Lipinski definition) is 2. The van der Waals surface area contributed by atoms with Crippen molar-refractivity contribution in [2.24, 2.45) is 0 Å². The van der Waals surface area contributed by atoms with Gasteiger partial charge in [0.15, 0.2) is 0 Å². The molecule has 0 fully saturated rings. The maximum atomic E-state index is 12.5. The summed E-state index contributed by atoms with van der Waals surface area (Å²) in [5.74, 6) is 0. The van der Waals surface area contributed by atoms with E-state index in [1.807, 2.05) is 84.9 Å². The Balaban J connectivity index is 1.74. The molecule has 0 saturated heterocycles. The Morgan fingerprint density at radius 2 is 1.04 bits per heavy atom. The standard InChI is InChI=1S/C23H21NO2S/c1-27(25,26)24(16-20-12-6-10-18-8-2-4-14-22(18)20)17-21-13-7-11-19-9-3-5-15-23(19)21/h2-15H,16-17H2,1H3. The molecule has 0 saturated carbocycles. The van der Waals surface area contributed by atoms with Crippen LogP contribution < -0.4 is 0 Å². The summed E-state index contributed by atoms with van der Waals surface area (Å²) in [5.41, 5.74) is 2.03. The molecule has 3 nitrogen and oxygen atoms in total. The second-order valence-corrected chi connectivity index (χ2v) is 8.79. The van der Waals surface area contributed by atoms with E-state index in [9.17, 15) is 8.42 Å². The van der Waals surface area contributed by atoms with Crippen LogP contribution >= 0.6 is 0 Å². The summed E-state index contributed by atoms with van der Waals surface area (Å²) in [4.78, 5) is 0. The molecule has 27 heavy (non-hydrogen) atoms. The lowest BCUT2D eigenvalue weighted by molar-refractivity contribution is 0.407. The first-order valence-corrected chi connectivity index (χ1v) is 10.8. The maximum absolute atomic E-state index is 12.5. The minimum atomic E-state index is -3.37. The van der Waals surface area contributed by atoms with Crippen LogP contribution in [0, 0.1) is 0 Å². The molecular formula is C23H21NO2S. The fourth-order valence-corrected chi connectivity index (χ4v) is 4.28. The van der Waals surface area contributed by atoms with E-state index in [0.29, 0.717) is 13.1 Å². The smallest absolute Gasteiger partial charge is 0.211 e. The van der Waals surface area contributed by atoms with Gasteiger partial charge in [-0.25, -0.2) is 8.42 Å².